The van der Waals surface area contributed by atoms with Gasteiger partial charge in [0.05, 0.1) is 39.6 Å². The van der Waals surface area contributed by atoms with Crippen molar-refractivity contribution < 1.29 is 23.7 Å². The SMILES string of the molecule is COCC1=C(C=O)C(c2cc(OC)c(OC)c(OC)c2)c2c(ccc3cn[nH]c23)N1. The van der Waals surface area contributed by atoms with Crippen molar-refractivity contribution in [2.24, 2.45) is 0 Å². The Morgan fingerprint density at radius 1 is 1.07 bits per heavy atom. The fraction of sp³-hybridized carbons (Fsp3) is 0.273. The zero-order valence-electron chi connectivity index (χ0n) is 17.2. The molecule has 1 aromatic heterocycles. The van der Waals surface area contributed by atoms with Crippen LogP contribution in [0, 0.1) is 0 Å². The minimum Gasteiger partial charge on any atom is -0.493 e. The van der Waals surface area contributed by atoms with Gasteiger partial charge in [-0.1, -0.05) is 0 Å². The van der Waals surface area contributed by atoms with Crippen LogP contribution in [-0.2, 0) is 9.53 Å². The topological polar surface area (TPSA) is 94.7 Å². The van der Waals surface area contributed by atoms with Gasteiger partial charge in [-0.25, -0.2) is 0 Å². The molecule has 156 valence electrons. The van der Waals surface area contributed by atoms with E-state index in [1.165, 1.54) is 0 Å². The number of nitrogens with one attached hydrogen (secondary N) is 2. The molecule has 30 heavy (non-hydrogen) atoms. The summed E-state index contributed by atoms with van der Waals surface area (Å²) in [5, 5.41) is 11.6. The lowest BCUT2D eigenvalue weighted by Crippen LogP contribution is -2.23. The van der Waals surface area contributed by atoms with E-state index in [0.29, 0.717) is 28.5 Å². The maximum Gasteiger partial charge on any atom is 0.203 e. The Labute approximate surface area is 173 Å². The predicted octanol–water partition coefficient (Wildman–Crippen LogP) is 3.25. The number of fused-ring (bicyclic) bond motifs is 3. The summed E-state index contributed by atoms with van der Waals surface area (Å²) >= 11 is 0. The number of carbonyl (C=O) groups excluding carboxylic acids is 1. The molecule has 1 atom stereocenters. The lowest BCUT2D eigenvalue weighted by atomic mass is 9.80. The zero-order chi connectivity index (χ0) is 21.3. The van der Waals surface area contributed by atoms with Crippen molar-refractivity contribution in [1.29, 1.82) is 0 Å². The van der Waals surface area contributed by atoms with E-state index in [1.54, 1.807) is 34.6 Å². The van der Waals surface area contributed by atoms with Gasteiger partial charge in [0.1, 0.15) is 6.29 Å². The third kappa shape index (κ3) is 3.05. The quantitative estimate of drug-likeness (QED) is 0.579. The number of benzene rings is 2. The summed E-state index contributed by atoms with van der Waals surface area (Å²) in [7, 11) is 6.29. The van der Waals surface area contributed by atoms with Crippen molar-refractivity contribution >= 4 is 22.9 Å². The molecule has 2 heterocycles. The van der Waals surface area contributed by atoms with Crippen LogP contribution in [-0.4, -0.2) is 51.5 Å². The van der Waals surface area contributed by atoms with Gasteiger partial charge in [-0.3, -0.25) is 9.89 Å². The number of allylic oxidation sites excluding steroid dienone is 1. The van der Waals surface area contributed by atoms with E-state index >= 15 is 0 Å². The van der Waals surface area contributed by atoms with Crippen LogP contribution in [0.25, 0.3) is 10.9 Å². The van der Waals surface area contributed by atoms with Crippen molar-refractivity contribution in [1.82, 2.24) is 10.2 Å². The van der Waals surface area contributed by atoms with E-state index in [2.05, 4.69) is 15.5 Å². The first kappa shape index (κ1) is 19.8. The van der Waals surface area contributed by atoms with Gasteiger partial charge in [-0.2, -0.15) is 5.10 Å². The Kier molecular flexibility index (Phi) is 5.33. The summed E-state index contributed by atoms with van der Waals surface area (Å²) in [5.41, 5.74) is 4.75. The number of carbonyl (C=O) groups is 1. The molecular formula is C22H23N3O5. The van der Waals surface area contributed by atoms with Gasteiger partial charge in [-0.05, 0) is 29.8 Å². The summed E-state index contributed by atoms with van der Waals surface area (Å²) in [4.78, 5) is 12.3. The molecule has 0 aliphatic carbocycles. The van der Waals surface area contributed by atoms with E-state index in [-0.39, 0.29) is 12.5 Å². The number of aromatic amines is 1. The first-order valence-corrected chi connectivity index (χ1v) is 9.36. The van der Waals surface area contributed by atoms with Crippen molar-refractivity contribution in [2.45, 2.75) is 5.92 Å². The molecule has 0 saturated carbocycles. The van der Waals surface area contributed by atoms with E-state index in [9.17, 15) is 4.79 Å². The molecule has 8 nitrogen and oxygen atoms in total. The molecule has 8 heteroatoms. The van der Waals surface area contributed by atoms with E-state index in [1.807, 2.05) is 24.3 Å². The Bertz CT molecular complexity index is 1110. The normalized spacial score (nSPS) is 15.5. The molecule has 1 aliphatic rings. The monoisotopic (exact) mass is 409 g/mol. The lowest BCUT2D eigenvalue weighted by molar-refractivity contribution is -0.105. The van der Waals surface area contributed by atoms with Crippen LogP contribution < -0.4 is 19.5 Å². The minimum absolute atomic E-state index is 0.273. The first-order valence-electron chi connectivity index (χ1n) is 9.36. The van der Waals surface area contributed by atoms with Gasteiger partial charge in [0.15, 0.2) is 11.5 Å². The van der Waals surface area contributed by atoms with Crippen LogP contribution in [0.1, 0.15) is 17.0 Å². The number of H-pyrrole nitrogens is 1. The number of nitrogens with zero attached hydrogens (tertiary/aromatic N) is 1. The smallest absolute Gasteiger partial charge is 0.203 e. The lowest BCUT2D eigenvalue weighted by Gasteiger charge is -2.31. The van der Waals surface area contributed by atoms with Crippen LogP contribution in [0.4, 0.5) is 5.69 Å². The summed E-state index contributed by atoms with van der Waals surface area (Å²) in [6.07, 6.45) is 2.63. The van der Waals surface area contributed by atoms with Gasteiger partial charge < -0.3 is 24.3 Å². The van der Waals surface area contributed by atoms with Crippen LogP contribution in [0.2, 0.25) is 0 Å². The third-order valence-corrected chi connectivity index (χ3v) is 5.33. The highest BCUT2D eigenvalue weighted by atomic mass is 16.5. The van der Waals surface area contributed by atoms with Crippen molar-refractivity contribution in [3.05, 3.63) is 52.9 Å². The number of aromatic nitrogens is 2. The summed E-state index contributed by atoms with van der Waals surface area (Å²) in [6, 6.07) is 7.69. The summed E-state index contributed by atoms with van der Waals surface area (Å²) in [6.45, 7) is 0.273. The zero-order valence-corrected chi connectivity index (χ0v) is 17.2. The predicted molar refractivity (Wildman–Crippen MR) is 113 cm³/mol. The summed E-state index contributed by atoms with van der Waals surface area (Å²) in [5.74, 6) is 1.14. The largest absolute Gasteiger partial charge is 0.493 e. The Morgan fingerprint density at radius 2 is 1.80 bits per heavy atom. The Morgan fingerprint density at radius 3 is 2.40 bits per heavy atom. The minimum atomic E-state index is -0.387. The summed E-state index contributed by atoms with van der Waals surface area (Å²) < 4.78 is 21.9. The van der Waals surface area contributed by atoms with Gasteiger partial charge in [0.25, 0.3) is 0 Å². The average molecular weight is 409 g/mol. The van der Waals surface area contributed by atoms with Gasteiger partial charge in [-0.15, -0.1) is 0 Å². The molecule has 0 spiro atoms. The molecule has 0 saturated heterocycles. The molecule has 2 aromatic carbocycles. The van der Waals surface area contributed by atoms with Crippen molar-refractivity contribution in [3.8, 4) is 17.2 Å². The van der Waals surface area contributed by atoms with E-state index in [4.69, 9.17) is 18.9 Å². The van der Waals surface area contributed by atoms with Crippen LogP contribution in [0.15, 0.2) is 41.7 Å². The molecule has 0 fully saturated rings. The number of hydrogen-bond acceptors (Lipinski definition) is 7. The fourth-order valence-electron chi connectivity index (χ4n) is 4.03. The van der Waals surface area contributed by atoms with Gasteiger partial charge >= 0.3 is 0 Å². The first-order chi connectivity index (χ1) is 14.7. The number of ether oxygens (including phenoxy) is 4. The number of methoxy groups -OCH3 is 4. The second-order valence-electron chi connectivity index (χ2n) is 6.86. The van der Waals surface area contributed by atoms with E-state index < -0.39 is 0 Å². The van der Waals surface area contributed by atoms with Crippen LogP contribution in [0.5, 0.6) is 17.2 Å². The number of anilines is 1. The fourth-order valence-corrected chi connectivity index (χ4v) is 4.03. The highest BCUT2D eigenvalue weighted by molar-refractivity contribution is 5.94. The molecule has 4 rings (SSSR count). The molecule has 1 aliphatic heterocycles. The molecule has 2 N–H and O–H groups in total. The standard InChI is InChI=1S/C22H23N3O5/c1-27-11-16-14(10-26)19(13-7-17(28-2)22(30-4)18(8-13)29-3)20-15(24-16)6-5-12-9-23-25-21(12)20/h5-10,19,24H,11H2,1-4H3,(H,23,25). The molecule has 3 aromatic rings. The van der Waals surface area contributed by atoms with E-state index in [0.717, 1.165) is 34.0 Å². The number of rotatable bonds is 7. The van der Waals surface area contributed by atoms with Gasteiger partial charge in [0.2, 0.25) is 5.75 Å². The third-order valence-electron chi connectivity index (χ3n) is 5.33. The molecular weight excluding hydrogens is 386 g/mol. The highest BCUT2D eigenvalue weighted by Gasteiger charge is 2.33. The second kappa shape index (κ2) is 8.08. The number of hydrogen-bond donors (Lipinski definition) is 2. The Hall–Kier alpha value is -3.52. The second-order valence-corrected chi connectivity index (χ2v) is 6.86. The molecule has 1 unspecified atom stereocenters. The van der Waals surface area contributed by atoms with Crippen molar-refractivity contribution in [2.75, 3.05) is 40.4 Å². The van der Waals surface area contributed by atoms with Gasteiger partial charge in [0, 0.05) is 40.9 Å². The maximum absolute atomic E-state index is 12.3. The van der Waals surface area contributed by atoms with Crippen LogP contribution >= 0.6 is 0 Å². The highest BCUT2D eigenvalue weighted by Crippen LogP contribution is 2.48. The molecule has 0 amide bonds. The molecule has 0 radical (unpaired) electrons. The Balaban J connectivity index is 2.03. The van der Waals surface area contributed by atoms with Crippen LogP contribution in [0.3, 0.4) is 0 Å². The molecule has 0 bridgehead atoms. The maximum atomic E-state index is 12.3. The van der Waals surface area contributed by atoms with Crippen molar-refractivity contribution in [3.63, 3.8) is 0 Å². The number of aldehydes is 1. The average Bonchev–Trinajstić information content (AvgIpc) is 3.26.